The number of benzene rings is 2. The summed E-state index contributed by atoms with van der Waals surface area (Å²) in [7, 11) is 1.59. The fourth-order valence-corrected chi connectivity index (χ4v) is 4.20. The second kappa shape index (κ2) is 9.20. The highest BCUT2D eigenvalue weighted by Gasteiger charge is 2.40. The minimum absolute atomic E-state index is 0.0350. The first kappa shape index (κ1) is 20.9. The number of carbonyl (C=O) groups is 3. The maximum atomic E-state index is 12.9. The molecule has 2 aromatic rings. The third-order valence-electron chi connectivity index (χ3n) is 5.82. The molecule has 4 rings (SSSR count). The van der Waals surface area contributed by atoms with Crippen molar-refractivity contribution in [3.63, 3.8) is 0 Å². The Labute approximate surface area is 181 Å². The predicted octanol–water partition coefficient (Wildman–Crippen LogP) is 3.43. The van der Waals surface area contributed by atoms with Gasteiger partial charge in [0.05, 0.1) is 24.8 Å². The van der Waals surface area contributed by atoms with Gasteiger partial charge in [-0.05, 0) is 43.2 Å². The fourth-order valence-electron chi connectivity index (χ4n) is 4.20. The second-order valence-corrected chi connectivity index (χ2v) is 7.82. The van der Waals surface area contributed by atoms with Crippen LogP contribution in [0.25, 0.3) is 0 Å². The van der Waals surface area contributed by atoms with Gasteiger partial charge in [0.25, 0.3) is 17.7 Å². The van der Waals surface area contributed by atoms with Crippen LogP contribution in [0, 0.1) is 0 Å². The normalized spacial score (nSPS) is 16.2. The molecule has 0 atom stereocenters. The summed E-state index contributed by atoms with van der Waals surface area (Å²) in [4.78, 5) is 39.6. The van der Waals surface area contributed by atoms with Crippen molar-refractivity contribution in [1.82, 2.24) is 10.2 Å². The highest BCUT2D eigenvalue weighted by atomic mass is 16.5. The van der Waals surface area contributed by atoms with E-state index >= 15 is 0 Å². The molecule has 1 N–H and O–H groups in total. The van der Waals surface area contributed by atoms with Crippen LogP contribution < -0.4 is 14.8 Å². The Morgan fingerprint density at radius 3 is 2.52 bits per heavy atom. The molecule has 0 bridgehead atoms. The fraction of sp³-hybridized carbons (Fsp3) is 0.375. The van der Waals surface area contributed by atoms with Crippen molar-refractivity contribution in [3.8, 4) is 11.5 Å². The molecular formula is C24H26N2O5. The molecule has 1 aliphatic carbocycles. The molecule has 162 valence electrons. The average Bonchev–Trinajstić information content (AvgIpc) is 3.06. The lowest BCUT2D eigenvalue weighted by atomic mass is 9.94. The van der Waals surface area contributed by atoms with E-state index in [1.807, 2.05) is 18.2 Å². The Morgan fingerprint density at radius 1 is 1.00 bits per heavy atom. The van der Waals surface area contributed by atoms with Crippen molar-refractivity contribution in [1.29, 1.82) is 0 Å². The van der Waals surface area contributed by atoms with E-state index in [1.165, 1.54) is 11.0 Å². The van der Waals surface area contributed by atoms with E-state index < -0.39 is 0 Å². The van der Waals surface area contributed by atoms with Gasteiger partial charge in [-0.1, -0.05) is 25.3 Å². The minimum Gasteiger partial charge on any atom is -0.497 e. The molecular weight excluding hydrogens is 396 g/mol. The summed E-state index contributed by atoms with van der Waals surface area (Å²) in [5, 5.41) is 2.78. The Bertz CT molecular complexity index is 997. The molecule has 3 amide bonds. The summed E-state index contributed by atoms with van der Waals surface area (Å²) in [5.41, 5.74) is 1.05. The van der Waals surface area contributed by atoms with E-state index in [0.717, 1.165) is 32.1 Å². The quantitative estimate of drug-likeness (QED) is 0.546. The summed E-state index contributed by atoms with van der Waals surface area (Å²) < 4.78 is 10.8. The van der Waals surface area contributed by atoms with Gasteiger partial charge in [-0.15, -0.1) is 0 Å². The van der Waals surface area contributed by atoms with Crippen LogP contribution in [0.15, 0.2) is 42.5 Å². The topological polar surface area (TPSA) is 84.9 Å². The number of methoxy groups -OCH3 is 1. The molecule has 0 aromatic heterocycles. The monoisotopic (exact) mass is 422 g/mol. The summed E-state index contributed by atoms with van der Waals surface area (Å²) in [6.45, 7) is 0.588. The number of ether oxygens (including phenoxy) is 2. The van der Waals surface area contributed by atoms with Crippen LogP contribution in [0.5, 0.6) is 11.5 Å². The van der Waals surface area contributed by atoms with Crippen molar-refractivity contribution >= 4 is 17.7 Å². The Balaban J connectivity index is 1.36. The highest BCUT2D eigenvalue weighted by Crippen LogP contribution is 2.31. The number of hydrogen-bond acceptors (Lipinski definition) is 5. The highest BCUT2D eigenvalue weighted by molar-refractivity contribution is 6.22. The van der Waals surface area contributed by atoms with Crippen LogP contribution in [-0.2, 0) is 0 Å². The molecule has 1 fully saturated rings. The lowest BCUT2D eigenvalue weighted by Crippen LogP contribution is -2.40. The van der Waals surface area contributed by atoms with Gasteiger partial charge in [0.15, 0.2) is 0 Å². The van der Waals surface area contributed by atoms with Crippen molar-refractivity contribution in [2.75, 3.05) is 20.3 Å². The predicted molar refractivity (Wildman–Crippen MR) is 115 cm³/mol. The molecule has 0 saturated heterocycles. The number of rotatable bonds is 7. The maximum Gasteiger partial charge on any atom is 0.261 e. The van der Waals surface area contributed by atoms with E-state index in [4.69, 9.17) is 9.47 Å². The van der Waals surface area contributed by atoms with E-state index in [9.17, 15) is 14.4 Å². The molecule has 7 nitrogen and oxygen atoms in total. The summed E-state index contributed by atoms with van der Waals surface area (Å²) in [5.74, 6) is 0.501. The lowest BCUT2D eigenvalue weighted by Gasteiger charge is -2.29. The van der Waals surface area contributed by atoms with Gasteiger partial charge in [-0.2, -0.15) is 0 Å². The van der Waals surface area contributed by atoms with Gasteiger partial charge in [0, 0.05) is 17.7 Å². The number of amides is 3. The molecule has 0 radical (unpaired) electrons. The van der Waals surface area contributed by atoms with Crippen molar-refractivity contribution < 1.29 is 23.9 Å². The van der Waals surface area contributed by atoms with Crippen molar-refractivity contribution in [2.24, 2.45) is 0 Å². The van der Waals surface area contributed by atoms with Crippen molar-refractivity contribution in [2.45, 2.75) is 38.1 Å². The first-order chi connectivity index (χ1) is 15.1. The molecule has 1 aliphatic heterocycles. The number of carbonyl (C=O) groups excluding carboxylic acids is 3. The summed E-state index contributed by atoms with van der Waals surface area (Å²) in [6, 6.07) is 11.9. The lowest BCUT2D eigenvalue weighted by molar-refractivity contribution is 0.0548. The summed E-state index contributed by atoms with van der Waals surface area (Å²) in [6.07, 6.45) is 4.91. The standard InChI is InChI=1S/C24H26N2O5/c1-30-18-8-5-9-19(15-18)31-13-12-25-22(27)16-10-11-20-21(14-16)24(29)26(23(20)28)17-6-3-2-4-7-17/h5,8-11,14-15,17H,2-4,6-7,12-13H2,1H3,(H,25,27). The van der Waals surface area contributed by atoms with Crippen LogP contribution in [0.2, 0.25) is 0 Å². The number of fused-ring (bicyclic) bond motifs is 1. The zero-order valence-electron chi connectivity index (χ0n) is 17.6. The van der Waals surface area contributed by atoms with E-state index in [2.05, 4.69) is 5.32 Å². The largest absolute Gasteiger partial charge is 0.497 e. The Morgan fingerprint density at radius 2 is 1.74 bits per heavy atom. The average molecular weight is 422 g/mol. The van der Waals surface area contributed by atoms with Gasteiger partial charge >= 0.3 is 0 Å². The Hall–Kier alpha value is -3.35. The molecule has 1 heterocycles. The van der Waals surface area contributed by atoms with E-state index in [-0.39, 0.29) is 30.4 Å². The smallest absolute Gasteiger partial charge is 0.261 e. The molecule has 2 aromatic carbocycles. The van der Waals surface area contributed by atoms with Gasteiger partial charge in [0.2, 0.25) is 0 Å². The van der Waals surface area contributed by atoms with Gasteiger partial charge in [0.1, 0.15) is 18.1 Å². The number of imide groups is 1. The molecule has 2 aliphatic rings. The SMILES string of the molecule is COc1cccc(OCCNC(=O)c2ccc3c(c2)C(=O)N(C2CCCCC2)C3=O)c1. The van der Waals surface area contributed by atoms with Crippen LogP contribution in [0.1, 0.15) is 63.2 Å². The number of nitrogens with one attached hydrogen (secondary N) is 1. The molecule has 0 spiro atoms. The van der Waals surface area contributed by atoms with E-state index in [1.54, 1.807) is 25.3 Å². The van der Waals surface area contributed by atoms with Crippen LogP contribution >= 0.6 is 0 Å². The van der Waals surface area contributed by atoms with Crippen LogP contribution in [0.3, 0.4) is 0 Å². The van der Waals surface area contributed by atoms with Gasteiger partial charge < -0.3 is 14.8 Å². The number of nitrogens with zero attached hydrogens (tertiary/aromatic N) is 1. The second-order valence-electron chi connectivity index (χ2n) is 7.82. The van der Waals surface area contributed by atoms with Crippen molar-refractivity contribution in [3.05, 3.63) is 59.2 Å². The van der Waals surface area contributed by atoms with E-state index in [0.29, 0.717) is 34.7 Å². The maximum absolute atomic E-state index is 12.9. The first-order valence-corrected chi connectivity index (χ1v) is 10.7. The van der Waals surface area contributed by atoms with Gasteiger partial charge in [-0.3, -0.25) is 19.3 Å². The number of hydrogen-bond donors (Lipinski definition) is 1. The third-order valence-corrected chi connectivity index (χ3v) is 5.82. The third kappa shape index (κ3) is 4.40. The molecule has 31 heavy (non-hydrogen) atoms. The molecule has 0 unspecified atom stereocenters. The summed E-state index contributed by atoms with van der Waals surface area (Å²) >= 11 is 0. The van der Waals surface area contributed by atoms with Crippen LogP contribution in [-0.4, -0.2) is 48.9 Å². The zero-order chi connectivity index (χ0) is 21.8. The molecule has 7 heteroatoms. The minimum atomic E-state index is -0.312. The van der Waals surface area contributed by atoms with Gasteiger partial charge in [-0.25, -0.2) is 0 Å². The zero-order valence-corrected chi connectivity index (χ0v) is 17.6. The first-order valence-electron chi connectivity index (χ1n) is 10.7. The Kier molecular flexibility index (Phi) is 6.21. The molecule has 1 saturated carbocycles. The van der Waals surface area contributed by atoms with Crippen LogP contribution in [0.4, 0.5) is 0 Å².